The number of thioether (sulfide) groups is 1. The van der Waals surface area contributed by atoms with Crippen LogP contribution in [0.4, 0.5) is 10.1 Å². The Morgan fingerprint density at radius 2 is 1.93 bits per heavy atom. The summed E-state index contributed by atoms with van der Waals surface area (Å²) < 4.78 is 26.1. The zero-order chi connectivity index (χ0) is 21.7. The van der Waals surface area contributed by atoms with Crippen LogP contribution in [0.5, 0.6) is 11.5 Å². The van der Waals surface area contributed by atoms with E-state index < -0.39 is 5.82 Å². The minimum Gasteiger partial charge on any atom is -0.490 e. The quantitative estimate of drug-likeness (QED) is 0.295. The second kappa shape index (κ2) is 9.91. The summed E-state index contributed by atoms with van der Waals surface area (Å²) in [6.45, 7) is 8.60. The van der Waals surface area contributed by atoms with E-state index in [1.54, 1.807) is 24.3 Å². The molecule has 0 bridgehead atoms. The average Bonchev–Trinajstić information content (AvgIpc) is 2.98. The fourth-order valence-electron chi connectivity index (χ4n) is 3.10. The average molecular weight is 444 g/mol. The second-order valence-corrected chi connectivity index (χ2v) is 8.01. The van der Waals surface area contributed by atoms with Crippen molar-refractivity contribution in [1.82, 2.24) is 0 Å². The van der Waals surface area contributed by atoms with Crippen LogP contribution in [0.1, 0.15) is 25.0 Å². The maximum Gasteiger partial charge on any atom is 0.270 e. The Labute approximate surface area is 185 Å². The molecule has 0 unspecified atom stereocenters. The number of carbonyl (C=O) groups excluding carboxylic acids is 1. The zero-order valence-corrected chi connectivity index (χ0v) is 18.4. The zero-order valence-electron chi connectivity index (χ0n) is 16.8. The third kappa shape index (κ3) is 4.57. The molecule has 1 aliphatic heterocycles. The third-order valence-electron chi connectivity index (χ3n) is 4.29. The summed E-state index contributed by atoms with van der Waals surface area (Å²) in [6.07, 6.45) is 4.12. The van der Waals surface area contributed by atoms with Crippen molar-refractivity contribution in [2.24, 2.45) is 0 Å². The Balaban J connectivity index is 2.02. The minimum absolute atomic E-state index is 0.150. The fourth-order valence-corrected chi connectivity index (χ4v) is 4.39. The van der Waals surface area contributed by atoms with Gasteiger partial charge in [-0.1, -0.05) is 42.2 Å². The first kappa shape index (κ1) is 22.1. The molecule has 0 N–H and O–H groups in total. The molecule has 0 atom stereocenters. The number of anilines is 1. The number of thiocarbonyl (C=S) groups is 1. The number of rotatable bonds is 8. The van der Waals surface area contributed by atoms with Crippen molar-refractivity contribution in [2.45, 2.75) is 20.3 Å². The lowest BCUT2D eigenvalue weighted by Crippen LogP contribution is -2.28. The summed E-state index contributed by atoms with van der Waals surface area (Å²) >= 11 is 6.49. The van der Waals surface area contributed by atoms with Crippen LogP contribution < -0.4 is 14.4 Å². The lowest BCUT2D eigenvalue weighted by Gasteiger charge is -2.16. The maximum absolute atomic E-state index is 14.2. The molecule has 2 aromatic rings. The number of amides is 1. The first-order valence-corrected chi connectivity index (χ1v) is 10.8. The highest BCUT2D eigenvalue weighted by molar-refractivity contribution is 8.27. The molecule has 1 amide bonds. The van der Waals surface area contributed by atoms with E-state index in [1.807, 2.05) is 26.0 Å². The highest BCUT2D eigenvalue weighted by Crippen LogP contribution is 2.39. The first-order valence-electron chi connectivity index (χ1n) is 9.56. The normalized spacial score (nSPS) is 15.0. The molecule has 2 aromatic carbocycles. The summed E-state index contributed by atoms with van der Waals surface area (Å²) in [5.41, 5.74) is 1.83. The first-order chi connectivity index (χ1) is 14.5. The van der Waals surface area contributed by atoms with Crippen LogP contribution in [0, 0.1) is 5.82 Å². The van der Waals surface area contributed by atoms with Gasteiger partial charge in [-0.25, -0.2) is 4.39 Å². The van der Waals surface area contributed by atoms with Gasteiger partial charge in [-0.3, -0.25) is 9.69 Å². The minimum atomic E-state index is -0.497. The van der Waals surface area contributed by atoms with Crippen molar-refractivity contribution >= 4 is 46.0 Å². The van der Waals surface area contributed by atoms with Gasteiger partial charge in [0.25, 0.3) is 5.91 Å². The van der Waals surface area contributed by atoms with Crippen molar-refractivity contribution in [1.29, 1.82) is 0 Å². The molecule has 3 rings (SSSR count). The predicted octanol–water partition coefficient (Wildman–Crippen LogP) is 5.76. The van der Waals surface area contributed by atoms with Gasteiger partial charge in [-0.15, -0.1) is 6.58 Å². The molecule has 156 valence electrons. The van der Waals surface area contributed by atoms with Crippen LogP contribution >= 0.6 is 24.0 Å². The standard InChI is InChI=1S/C23H22FNO3S2/c1-4-9-16-12-15(13-19(27-5-2)21(16)28-6-3)14-20-22(26)25(23(29)30-20)18-11-8-7-10-17(18)24/h4,7-8,10-14H,1,5-6,9H2,2-3H3/b20-14-. The van der Waals surface area contributed by atoms with Crippen molar-refractivity contribution in [2.75, 3.05) is 18.1 Å². The molecular formula is C23H22FNO3S2. The van der Waals surface area contributed by atoms with Crippen LogP contribution in [0.2, 0.25) is 0 Å². The maximum atomic E-state index is 14.2. The molecule has 1 aliphatic rings. The van der Waals surface area contributed by atoms with E-state index >= 15 is 0 Å². The number of ether oxygens (including phenoxy) is 2. The van der Waals surface area contributed by atoms with Gasteiger partial charge < -0.3 is 9.47 Å². The molecule has 1 fully saturated rings. The third-order valence-corrected chi connectivity index (χ3v) is 5.59. The second-order valence-electron chi connectivity index (χ2n) is 6.33. The van der Waals surface area contributed by atoms with Crippen LogP contribution in [-0.4, -0.2) is 23.4 Å². The highest BCUT2D eigenvalue weighted by atomic mass is 32.2. The Morgan fingerprint density at radius 3 is 2.60 bits per heavy atom. The van der Waals surface area contributed by atoms with Crippen LogP contribution in [0.15, 0.2) is 54.0 Å². The van der Waals surface area contributed by atoms with E-state index in [9.17, 15) is 9.18 Å². The summed E-state index contributed by atoms with van der Waals surface area (Å²) in [6, 6.07) is 9.85. The summed E-state index contributed by atoms with van der Waals surface area (Å²) in [4.78, 5) is 14.6. The summed E-state index contributed by atoms with van der Waals surface area (Å²) in [5.74, 6) is 0.431. The number of halogens is 1. The predicted molar refractivity (Wildman–Crippen MR) is 125 cm³/mol. The molecular weight excluding hydrogens is 421 g/mol. The van der Waals surface area contributed by atoms with E-state index in [1.165, 1.54) is 17.0 Å². The molecule has 0 saturated carbocycles. The van der Waals surface area contributed by atoms with Crippen molar-refractivity contribution in [3.8, 4) is 11.5 Å². The Morgan fingerprint density at radius 1 is 1.20 bits per heavy atom. The Hall–Kier alpha value is -2.64. The smallest absolute Gasteiger partial charge is 0.270 e. The molecule has 1 heterocycles. The monoisotopic (exact) mass is 443 g/mol. The van der Waals surface area contributed by atoms with E-state index in [0.717, 1.165) is 22.9 Å². The number of benzene rings is 2. The number of hydrogen-bond donors (Lipinski definition) is 0. The van der Waals surface area contributed by atoms with Gasteiger partial charge in [0.15, 0.2) is 15.8 Å². The number of para-hydroxylation sites is 1. The van der Waals surface area contributed by atoms with Crippen molar-refractivity contribution in [3.63, 3.8) is 0 Å². The highest BCUT2D eigenvalue weighted by Gasteiger charge is 2.34. The van der Waals surface area contributed by atoms with Gasteiger partial charge in [0.2, 0.25) is 0 Å². The van der Waals surface area contributed by atoms with E-state index in [0.29, 0.717) is 40.4 Å². The number of carbonyl (C=O) groups is 1. The van der Waals surface area contributed by atoms with Gasteiger partial charge in [0, 0.05) is 5.56 Å². The topological polar surface area (TPSA) is 38.8 Å². The van der Waals surface area contributed by atoms with Crippen LogP contribution in [0.25, 0.3) is 6.08 Å². The number of allylic oxidation sites excluding steroid dienone is 1. The Bertz CT molecular complexity index is 1020. The van der Waals surface area contributed by atoms with Gasteiger partial charge in [0.05, 0.1) is 23.8 Å². The SMILES string of the molecule is C=CCc1cc(/C=C2\SC(=S)N(c3ccccc3F)C2=O)cc(OCC)c1OCC. The molecule has 0 aromatic heterocycles. The van der Waals surface area contributed by atoms with Crippen LogP contribution in [-0.2, 0) is 11.2 Å². The number of nitrogens with zero attached hydrogens (tertiary/aromatic N) is 1. The Kier molecular flexibility index (Phi) is 7.29. The van der Waals surface area contributed by atoms with Gasteiger partial charge >= 0.3 is 0 Å². The molecule has 4 nitrogen and oxygen atoms in total. The molecule has 0 spiro atoms. The van der Waals surface area contributed by atoms with Crippen LogP contribution in [0.3, 0.4) is 0 Å². The lowest BCUT2D eigenvalue weighted by atomic mass is 10.0. The van der Waals surface area contributed by atoms with Crippen molar-refractivity contribution < 1.29 is 18.7 Å². The van der Waals surface area contributed by atoms with Gasteiger partial charge in [-0.2, -0.15) is 0 Å². The number of hydrogen-bond acceptors (Lipinski definition) is 5. The summed E-state index contributed by atoms with van der Waals surface area (Å²) in [5, 5.41) is 0. The molecule has 30 heavy (non-hydrogen) atoms. The molecule has 0 radical (unpaired) electrons. The van der Waals surface area contributed by atoms with Crippen molar-refractivity contribution in [3.05, 3.63) is 70.9 Å². The summed E-state index contributed by atoms with van der Waals surface area (Å²) in [7, 11) is 0. The fraction of sp³-hybridized carbons (Fsp3) is 0.217. The molecule has 1 saturated heterocycles. The van der Waals surface area contributed by atoms with Gasteiger partial charge in [0.1, 0.15) is 5.82 Å². The van der Waals surface area contributed by atoms with E-state index in [-0.39, 0.29) is 11.6 Å². The largest absolute Gasteiger partial charge is 0.490 e. The van der Waals surface area contributed by atoms with E-state index in [2.05, 4.69) is 6.58 Å². The lowest BCUT2D eigenvalue weighted by molar-refractivity contribution is -0.113. The molecule has 7 heteroatoms. The van der Waals surface area contributed by atoms with E-state index in [4.69, 9.17) is 21.7 Å². The molecule has 0 aliphatic carbocycles. The van der Waals surface area contributed by atoms with Gasteiger partial charge in [-0.05, 0) is 56.2 Å².